The Morgan fingerprint density at radius 3 is 2.69 bits per heavy atom. The number of amides is 1. The number of methoxy groups -OCH3 is 1. The Morgan fingerprint density at radius 1 is 1.19 bits per heavy atom. The Labute approximate surface area is 152 Å². The lowest BCUT2D eigenvalue weighted by Gasteiger charge is -2.28. The highest BCUT2D eigenvalue weighted by atomic mass is 16.5. The number of nitrogens with one attached hydrogen (secondary N) is 1. The standard InChI is InChI=1S/C19H23N5O2/c1-23-11-3-4-16(23)18-22-21-17-10-5-13(12-24(17)18)19(25)20-14-6-8-15(26-2)9-7-14/h3-5,10-12,14-15H,6-9H2,1-2H3,(H,20,25). The van der Waals surface area contributed by atoms with Crippen LogP contribution in [0.1, 0.15) is 36.0 Å². The average Bonchev–Trinajstić information content (AvgIpc) is 3.27. The average molecular weight is 353 g/mol. The predicted octanol–water partition coefficient (Wildman–Crippen LogP) is 2.42. The molecule has 0 aliphatic heterocycles. The highest BCUT2D eigenvalue weighted by Gasteiger charge is 2.23. The summed E-state index contributed by atoms with van der Waals surface area (Å²) in [6.45, 7) is 0. The fraction of sp³-hybridized carbons (Fsp3) is 0.421. The Hall–Kier alpha value is -2.67. The minimum atomic E-state index is -0.0562. The third-order valence-electron chi connectivity index (χ3n) is 5.18. The first-order valence-electron chi connectivity index (χ1n) is 8.96. The van der Waals surface area contributed by atoms with Crippen molar-refractivity contribution in [2.24, 2.45) is 7.05 Å². The second-order valence-corrected chi connectivity index (χ2v) is 6.86. The van der Waals surface area contributed by atoms with Crippen LogP contribution >= 0.6 is 0 Å². The summed E-state index contributed by atoms with van der Waals surface area (Å²) < 4.78 is 9.25. The summed E-state index contributed by atoms with van der Waals surface area (Å²) in [7, 11) is 3.71. The van der Waals surface area contributed by atoms with E-state index in [0.717, 1.165) is 42.8 Å². The monoisotopic (exact) mass is 353 g/mol. The van der Waals surface area contributed by atoms with Gasteiger partial charge in [-0.25, -0.2) is 0 Å². The molecule has 1 N–H and O–H groups in total. The summed E-state index contributed by atoms with van der Waals surface area (Å²) in [6, 6.07) is 7.78. The van der Waals surface area contributed by atoms with Crippen molar-refractivity contribution in [3.63, 3.8) is 0 Å². The molecule has 1 aliphatic rings. The normalized spacial score (nSPS) is 20.4. The molecule has 0 atom stereocenters. The molecule has 0 spiro atoms. The van der Waals surface area contributed by atoms with Crippen LogP contribution in [-0.2, 0) is 11.8 Å². The molecule has 7 nitrogen and oxygen atoms in total. The maximum atomic E-state index is 12.7. The Balaban J connectivity index is 1.55. The maximum Gasteiger partial charge on any atom is 0.252 e. The molecule has 3 aromatic heterocycles. The minimum Gasteiger partial charge on any atom is -0.381 e. The van der Waals surface area contributed by atoms with Crippen LogP contribution in [0, 0.1) is 0 Å². The lowest BCUT2D eigenvalue weighted by atomic mass is 9.93. The largest absolute Gasteiger partial charge is 0.381 e. The molecule has 0 saturated heterocycles. The van der Waals surface area contributed by atoms with Crippen molar-refractivity contribution in [2.75, 3.05) is 7.11 Å². The van der Waals surface area contributed by atoms with Crippen LogP contribution in [0.2, 0.25) is 0 Å². The number of aryl methyl sites for hydroxylation is 1. The summed E-state index contributed by atoms with van der Waals surface area (Å²) in [4.78, 5) is 12.7. The van der Waals surface area contributed by atoms with E-state index in [1.807, 2.05) is 46.6 Å². The van der Waals surface area contributed by atoms with Crippen LogP contribution in [0.4, 0.5) is 0 Å². The van der Waals surface area contributed by atoms with Crippen LogP contribution in [0.3, 0.4) is 0 Å². The lowest BCUT2D eigenvalue weighted by molar-refractivity contribution is 0.0599. The fourth-order valence-corrected chi connectivity index (χ4v) is 3.60. The minimum absolute atomic E-state index is 0.0562. The van der Waals surface area contributed by atoms with Gasteiger partial charge in [0, 0.05) is 32.6 Å². The van der Waals surface area contributed by atoms with E-state index < -0.39 is 0 Å². The first kappa shape index (κ1) is 16.8. The Bertz CT molecular complexity index is 921. The number of hydrogen-bond acceptors (Lipinski definition) is 4. The highest BCUT2D eigenvalue weighted by Crippen LogP contribution is 2.22. The molecule has 4 rings (SSSR count). The number of carbonyl (C=O) groups excluding carboxylic acids is 1. The third kappa shape index (κ3) is 3.10. The van der Waals surface area contributed by atoms with E-state index in [2.05, 4.69) is 15.5 Å². The van der Waals surface area contributed by atoms with Gasteiger partial charge < -0.3 is 14.6 Å². The van der Waals surface area contributed by atoms with Crippen molar-refractivity contribution in [3.05, 3.63) is 42.2 Å². The van der Waals surface area contributed by atoms with Crippen LogP contribution in [0.15, 0.2) is 36.7 Å². The van der Waals surface area contributed by atoms with Crippen molar-refractivity contribution in [2.45, 2.75) is 37.8 Å². The van der Waals surface area contributed by atoms with Crippen LogP contribution in [0.25, 0.3) is 17.2 Å². The van der Waals surface area contributed by atoms with E-state index in [1.54, 1.807) is 13.2 Å². The van der Waals surface area contributed by atoms with Crippen molar-refractivity contribution >= 4 is 11.6 Å². The van der Waals surface area contributed by atoms with E-state index >= 15 is 0 Å². The quantitative estimate of drug-likeness (QED) is 0.782. The van der Waals surface area contributed by atoms with Gasteiger partial charge in [-0.15, -0.1) is 10.2 Å². The summed E-state index contributed by atoms with van der Waals surface area (Å²) >= 11 is 0. The molecular formula is C19H23N5O2. The van der Waals surface area contributed by atoms with Crippen molar-refractivity contribution < 1.29 is 9.53 Å². The van der Waals surface area contributed by atoms with Crippen LogP contribution in [-0.4, -0.2) is 44.3 Å². The molecule has 0 aromatic carbocycles. The van der Waals surface area contributed by atoms with Crippen molar-refractivity contribution in [1.82, 2.24) is 24.5 Å². The molecular weight excluding hydrogens is 330 g/mol. The van der Waals surface area contributed by atoms with E-state index in [0.29, 0.717) is 11.7 Å². The summed E-state index contributed by atoms with van der Waals surface area (Å²) in [6.07, 6.45) is 7.98. The molecule has 26 heavy (non-hydrogen) atoms. The molecule has 1 saturated carbocycles. The number of pyridine rings is 1. The van der Waals surface area contributed by atoms with Gasteiger partial charge in [-0.2, -0.15) is 0 Å². The van der Waals surface area contributed by atoms with Gasteiger partial charge in [-0.05, 0) is 49.9 Å². The summed E-state index contributed by atoms with van der Waals surface area (Å²) in [5.41, 5.74) is 2.29. The molecule has 3 aromatic rings. The van der Waals surface area contributed by atoms with Crippen molar-refractivity contribution in [1.29, 1.82) is 0 Å². The number of nitrogens with zero attached hydrogens (tertiary/aromatic N) is 4. The van der Waals surface area contributed by atoms with Gasteiger partial charge in [-0.3, -0.25) is 9.20 Å². The van der Waals surface area contributed by atoms with Gasteiger partial charge in [0.25, 0.3) is 5.91 Å². The maximum absolute atomic E-state index is 12.7. The topological polar surface area (TPSA) is 73.4 Å². The molecule has 1 fully saturated rings. The van der Waals surface area contributed by atoms with Crippen molar-refractivity contribution in [3.8, 4) is 11.5 Å². The van der Waals surface area contributed by atoms with Gasteiger partial charge in [0.1, 0.15) is 0 Å². The molecule has 1 amide bonds. The van der Waals surface area contributed by atoms with Gasteiger partial charge >= 0.3 is 0 Å². The van der Waals surface area contributed by atoms with Crippen LogP contribution < -0.4 is 5.32 Å². The molecule has 0 radical (unpaired) electrons. The molecule has 3 heterocycles. The smallest absolute Gasteiger partial charge is 0.252 e. The Kier molecular flexibility index (Phi) is 4.46. The lowest BCUT2D eigenvalue weighted by Crippen LogP contribution is -2.39. The van der Waals surface area contributed by atoms with E-state index in [4.69, 9.17) is 4.74 Å². The second-order valence-electron chi connectivity index (χ2n) is 6.86. The number of hydrogen-bond donors (Lipinski definition) is 1. The first-order valence-corrected chi connectivity index (χ1v) is 8.96. The second kappa shape index (κ2) is 6.92. The van der Waals surface area contributed by atoms with E-state index in [-0.39, 0.29) is 11.9 Å². The number of rotatable bonds is 4. The Morgan fingerprint density at radius 2 is 2.00 bits per heavy atom. The zero-order chi connectivity index (χ0) is 18.1. The zero-order valence-corrected chi connectivity index (χ0v) is 15.1. The van der Waals surface area contributed by atoms with E-state index in [1.165, 1.54) is 0 Å². The number of ether oxygens (including phenoxy) is 1. The molecule has 136 valence electrons. The zero-order valence-electron chi connectivity index (χ0n) is 15.1. The van der Waals surface area contributed by atoms with Gasteiger partial charge in [0.15, 0.2) is 11.5 Å². The molecule has 7 heteroatoms. The molecule has 1 aliphatic carbocycles. The van der Waals surface area contributed by atoms with Gasteiger partial charge in [0.05, 0.1) is 17.4 Å². The number of carbonyl (C=O) groups is 1. The summed E-state index contributed by atoms with van der Waals surface area (Å²) in [5.74, 6) is 0.669. The number of fused-ring (bicyclic) bond motifs is 1. The van der Waals surface area contributed by atoms with E-state index in [9.17, 15) is 4.79 Å². The first-order chi connectivity index (χ1) is 12.7. The molecule has 0 bridgehead atoms. The van der Waals surface area contributed by atoms with Crippen LogP contribution in [0.5, 0.6) is 0 Å². The third-order valence-corrected chi connectivity index (χ3v) is 5.18. The fourth-order valence-electron chi connectivity index (χ4n) is 3.60. The van der Waals surface area contributed by atoms with Gasteiger partial charge in [0.2, 0.25) is 0 Å². The van der Waals surface area contributed by atoms with Gasteiger partial charge in [-0.1, -0.05) is 0 Å². The molecule has 0 unspecified atom stereocenters. The predicted molar refractivity (Wildman–Crippen MR) is 97.9 cm³/mol. The number of aromatic nitrogens is 4. The SMILES string of the molecule is COC1CCC(NC(=O)c2ccc3nnc(-c4cccn4C)n3c2)CC1. The highest BCUT2D eigenvalue weighted by molar-refractivity contribution is 5.94. The summed E-state index contributed by atoms with van der Waals surface area (Å²) in [5, 5.41) is 11.6.